The molecule has 0 saturated carbocycles. The van der Waals surface area contributed by atoms with Gasteiger partial charge in [-0.1, -0.05) is 58.7 Å². The maximum Gasteiger partial charge on any atom is 0.327 e. The summed E-state index contributed by atoms with van der Waals surface area (Å²) in [6, 6.07) is 0.501. The van der Waals surface area contributed by atoms with E-state index in [0.717, 1.165) is 0 Å². The summed E-state index contributed by atoms with van der Waals surface area (Å²) in [6.45, 7) is 13.4. The molecule has 3 rings (SSSR count). The molecule has 1 amide bonds. The first-order valence-corrected chi connectivity index (χ1v) is 16.5. The number of thioether (sulfide) groups is 1. The van der Waals surface area contributed by atoms with E-state index in [-0.39, 0.29) is 32.0 Å². The number of carboxylic acid groups (broad SMARTS) is 1. The second-order valence-electron chi connectivity index (χ2n) is 10.1. The fourth-order valence-electron chi connectivity index (χ4n) is 5.94. The summed E-state index contributed by atoms with van der Waals surface area (Å²) in [7, 11) is -1.94. The first-order valence-electron chi connectivity index (χ1n) is 11.0. The molecule has 3 fully saturated rings. The Morgan fingerprint density at radius 1 is 1.29 bits per heavy atom. The van der Waals surface area contributed by atoms with Crippen LogP contribution >= 0.6 is 11.8 Å². The van der Waals surface area contributed by atoms with Gasteiger partial charge in [0.2, 0.25) is 5.91 Å². The molecule has 0 radical (unpaired) electrons. The predicted molar refractivity (Wildman–Crippen MR) is 122 cm³/mol. The zero-order valence-corrected chi connectivity index (χ0v) is 21.7. The van der Waals surface area contributed by atoms with Gasteiger partial charge in [0.15, 0.2) is 0 Å². The summed E-state index contributed by atoms with van der Waals surface area (Å²) >= 11 is 1.72. The van der Waals surface area contributed by atoms with Gasteiger partial charge < -0.3 is 14.6 Å². The molecule has 3 aliphatic rings. The van der Waals surface area contributed by atoms with Crippen LogP contribution in [-0.2, 0) is 9.59 Å². The largest absolute Gasteiger partial charge is 0.480 e. The van der Waals surface area contributed by atoms with Gasteiger partial charge in [0.1, 0.15) is 25.7 Å². The van der Waals surface area contributed by atoms with Crippen molar-refractivity contribution < 1.29 is 14.7 Å². The lowest BCUT2D eigenvalue weighted by Gasteiger charge is -2.56. The number of hydrogen-bond acceptors (Lipinski definition) is 4. The van der Waals surface area contributed by atoms with E-state index in [2.05, 4.69) is 31.9 Å². The second kappa shape index (κ2) is 7.74. The molecule has 3 aliphatic heterocycles. The van der Waals surface area contributed by atoms with Crippen LogP contribution in [0.2, 0.25) is 18.3 Å². The van der Waals surface area contributed by atoms with Crippen LogP contribution in [0.3, 0.4) is 0 Å². The SMILES string of the molecule is CCCCC1(C)[SiH2]C[Si](C)(CCCC)N1[C@@H]1C(=O)N2[C@@H]1SC(C)(C)[C@@H]2C(=O)O. The fraction of sp³-hybridized carbons (Fsp3) is 0.900. The van der Waals surface area contributed by atoms with Gasteiger partial charge in [-0.05, 0) is 31.5 Å². The number of carbonyl (C=O) groups is 2. The molecule has 5 nitrogen and oxygen atoms in total. The number of carbonyl (C=O) groups excluding carboxylic acids is 1. The third-order valence-electron chi connectivity index (χ3n) is 7.43. The van der Waals surface area contributed by atoms with Crippen molar-refractivity contribution in [2.45, 2.75) is 112 Å². The van der Waals surface area contributed by atoms with Gasteiger partial charge in [-0.3, -0.25) is 4.79 Å². The molecule has 160 valence electrons. The van der Waals surface area contributed by atoms with Crippen molar-refractivity contribution in [1.82, 2.24) is 9.47 Å². The number of rotatable bonds is 8. The van der Waals surface area contributed by atoms with Gasteiger partial charge in [0.05, 0.1) is 0 Å². The molecule has 3 saturated heterocycles. The number of unbranched alkanes of at least 4 members (excludes halogenated alkanes) is 2. The minimum absolute atomic E-state index is 0.0186. The van der Waals surface area contributed by atoms with Crippen LogP contribution in [0.25, 0.3) is 0 Å². The fourth-order valence-corrected chi connectivity index (χ4v) is 20.1. The smallest absolute Gasteiger partial charge is 0.327 e. The van der Waals surface area contributed by atoms with Gasteiger partial charge in [-0.25, -0.2) is 4.79 Å². The molecule has 5 atom stereocenters. The first kappa shape index (κ1) is 22.4. The molecule has 0 aromatic carbocycles. The van der Waals surface area contributed by atoms with Crippen molar-refractivity contribution in [3.63, 3.8) is 0 Å². The van der Waals surface area contributed by atoms with Gasteiger partial charge in [-0.15, -0.1) is 11.8 Å². The Morgan fingerprint density at radius 2 is 1.93 bits per heavy atom. The van der Waals surface area contributed by atoms with E-state index < -0.39 is 25.0 Å². The molecule has 8 heteroatoms. The molecule has 2 unspecified atom stereocenters. The Kier molecular flexibility index (Phi) is 6.19. The third-order valence-corrected chi connectivity index (χ3v) is 19.8. The molecule has 28 heavy (non-hydrogen) atoms. The standard InChI is InChI=1S/C20H38N2O3SSi2/c1-7-9-11-20(5)22(28(6,13-27-20)12-10-8-2)14-16(23)21-15(18(24)25)19(3,4)26-17(14)21/h14-15,17H,7-13,27H2,1-6H3,(H,24,25)/t14-,15+,17-,20?,28?/m1/s1. The van der Waals surface area contributed by atoms with Crippen molar-refractivity contribution in [3.05, 3.63) is 0 Å². The minimum Gasteiger partial charge on any atom is -0.480 e. The zero-order valence-electron chi connectivity index (χ0n) is 18.5. The minimum atomic E-state index is -1.67. The summed E-state index contributed by atoms with van der Waals surface area (Å²) in [5.41, 5.74) is 1.40. The molecule has 1 N–H and O–H groups in total. The van der Waals surface area contributed by atoms with Gasteiger partial charge in [0.25, 0.3) is 0 Å². The number of carboxylic acids is 1. The average Bonchev–Trinajstić information content (AvgIpc) is 3.03. The molecular formula is C20H38N2O3SSi2. The van der Waals surface area contributed by atoms with E-state index in [9.17, 15) is 14.7 Å². The summed E-state index contributed by atoms with van der Waals surface area (Å²) in [6.07, 6.45) is 6.09. The Hall–Kier alpha value is -0.316. The van der Waals surface area contributed by atoms with Crippen molar-refractivity contribution in [1.29, 1.82) is 0 Å². The summed E-state index contributed by atoms with van der Waals surface area (Å²) in [5, 5.41) is 10.0. The predicted octanol–water partition coefficient (Wildman–Crippen LogP) is 3.23. The number of hydrogen-bond donors (Lipinski definition) is 1. The number of amides is 1. The Labute approximate surface area is 177 Å². The maximum atomic E-state index is 13.4. The quantitative estimate of drug-likeness (QED) is 0.462. The summed E-state index contributed by atoms with van der Waals surface area (Å²) < 4.78 is 2.33. The van der Waals surface area contributed by atoms with Crippen LogP contribution in [0.5, 0.6) is 0 Å². The lowest BCUT2D eigenvalue weighted by Crippen LogP contribution is -2.76. The van der Waals surface area contributed by atoms with E-state index in [1.165, 1.54) is 43.8 Å². The zero-order chi connectivity index (χ0) is 20.9. The van der Waals surface area contributed by atoms with E-state index in [1.807, 2.05) is 13.8 Å². The highest BCUT2D eigenvalue weighted by Gasteiger charge is 2.69. The highest BCUT2D eigenvalue weighted by molar-refractivity contribution is 8.01. The number of nitrogens with zero attached hydrogens (tertiary/aromatic N) is 2. The second-order valence-corrected chi connectivity index (χ2v) is 19.9. The number of fused-ring (bicyclic) bond motifs is 1. The van der Waals surface area contributed by atoms with E-state index in [4.69, 9.17) is 0 Å². The lowest BCUT2D eigenvalue weighted by molar-refractivity contribution is -0.164. The molecule has 0 spiro atoms. The van der Waals surface area contributed by atoms with Gasteiger partial charge in [-0.2, -0.15) is 0 Å². The topological polar surface area (TPSA) is 60.9 Å². The maximum absolute atomic E-state index is 13.4. The van der Waals surface area contributed by atoms with E-state index >= 15 is 0 Å². The van der Waals surface area contributed by atoms with Crippen LogP contribution in [0, 0.1) is 0 Å². The molecule has 0 aliphatic carbocycles. The molecule has 3 heterocycles. The Morgan fingerprint density at radius 3 is 2.50 bits per heavy atom. The van der Waals surface area contributed by atoms with Crippen LogP contribution < -0.4 is 0 Å². The van der Waals surface area contributed by atoms with Crippen molar-refractivity contribution in [3.8, 4) is 0 Å². The van der Waals surface area contributed by atoms with Crippen LogP contribution in [0.1, 0.15) is 66.7 Å². The monoisotopic (exact) mass is 442 g/mol. The Balaban J connectivity index is 1.94. The Bertz CT molecular complexity index is 627. The molecule has 0 bridgehead atoms. The van der Waals surface area contributed by atoms with Gasteiger partial charge >= 0.3 is 5.97 Å². The number of aliphatic carboxylic acids is 1. The van der Waals surface area contributed by atoms with E-state index in [0.29, 0.717) is 0 Å². The highest BCUT2D eigenvalue weighted by atomic mass is 32.2. The third kappa shape index (κ3) is 3.42. The molecular weight excluding hydrogens is 404 g/mol. The van der Waals surface area contributed by atoms with Crippen LogP contribution in [0.4, 0.5) is 0 Å². The highest BCUT2D eigenvalue weighted by Crippen LogP contribution is 2.55. The van der Waals surface area contributed by atoms with E-state index in [1.54, 1.807) is 16.7 Å². The molecule has 0 aromatic rings. The normalized spacial score (nSPS) is 40.7. The van der Waals surface area contributed by atoms with Crippen LogP contribution in [0.15, 0.2) is 0 Å². The first-order chi connectivity index (χ1) is 13.0. The summed E-state index contributed by atoms with van der Waals surface area (Å²) in [4.78, 5) is 27.0. The van der Waals surface area contributed by atoms with Crippen molar-refractivity contribution >= 4 is 41.4 Å². The summed E-state index contributed by atoms with van der Waals surface area (Å²) in [5.74, 6) is -0.772. The lowest BCUT2D eigenvalue weighted by atomic mass is 9.95. The van der Waals surface area contributed by atoms with Crippen LogP contribution in [-0.4, -0.2) is 71.6 Å². The molecule has 0 aromatic heterocycles. The van der Waals surface area contributed by atoms with Crippen molar-refractivity contribution in [2.75, 3.05) is 0 Å². The van der Waals surface area contributed by atoms with Gasteiger partial charge in [0, 0.05) is 14.3 Å². The number of β-lactam (4-membered cyclic amide) rings is 1. The van der Waals surface area contributed by atoms with Crippen molar-refractivity contribution in [2.24, 2.45) is 0 Å². The average molecular weight is 443 g/mol.